The van der Waals surface area contributed by atoms with Crippen LogP contribution in [-0.4, -0.2) is 0 Å². The second-order valence-corrected chi connectivity index (χ2v) is 8.67. The Hall–Kier alpha value is 1.14. The number of rotatable bonds is 1. The minimum atomic E-state index is 0.239. The quantitative estimate of drug-likeness (QED) is 0.535. The molecular weight excluding hydrogens is 380 g/mol. The van der Waals surface area contributed by atoms with Crippen molar-refractivity contribution in [3.8, 4) is 0 Å². The molecule has 0 saturated heterocycles. The fraction of sp³-hybridized carbons (Fsp3) is 0.556. The van der Waals surface area contributed by atoms with E-state index in [2.05, 4.69) is 74.6 Å². The van der Waals surface area contributed by atoms with Crippen molar-refractivity contribution < 1.29 is 0 Å². The summed E-state index contributed by atoms with van der Waals surface area (Å²) in [5, 5.41) is 0. The Morgan fingerprint density at radius 3 is 2.15 bits per heavy atom. The van der Waals surface area contributed by atoms with Gasteiger partial charge in [-0.15, -0.1) is 11.3 Å². The molecule has 0 nitrogen and oxygen atoms in total. The van der Waals surface area contributed by atoms with Gasteiger partial charge in [-0.25, -0.2) is 0 Å². The molecule has 0 spiro atoms. The van der Waals surface area contributed by atoms with E-state index in [0.29, 0.717) is 4.83 Å². The maximum atomic E-state index is 3.73. The minimum absolute atomic E-state index is 0.239. The molecule has 1 aromatic heterocycles. The topological polar surface area (TPSA) is 0 Å². The molecular formula is C9H11Br3S. The third-order valence-corrected chi connectivity index (χ3v) is 5.97. The number of alkyl halides is 1. The van der Waals surface area contributed by atoms with E-state index in [1.165, 1.54) is 13.1 Å². The fourth-order valence-electron chi connectivity index (χ4n) is 0.992. The van der Waals surface area contributed by atoms with E-state index >= 15 is 0 Å². The van der Waals surface area contributed by atoms with Crippen LogP contribution >= 0.6 is 59.1 Å². The summed E-state index contributed by atoms with van der Waals surface area (Å²) in [6.07, 6.45) is 0. The molecule has 1 atom stereocenters. The highest BCUT2D eigenvalue weighted by atomic mass is 79.9. The van der Waals surface area contributed by atoms with Crippen LogP contribution in [0.25, 0.3) is 0 Å². The fourth-order valence-corrected chi connectivity index (χ4v) is 4.71. The van der Waals surface area contributed by atoms with Crippen LogP contribution in [0.1, 0.15) is 31.2 Å². The maximum Gasteiger partial charge on any atom is 0.0754 e. The molecule has 0 N–H and O–H groups in total. The molecule has 0 bridgehead atoms. The van der Waals surface area contributed by atoms with Crippen molar-refractivity contribution in [2.75, 3.05) is 0 Å². The zero-order valence-corrected chi connectivity index (χ0v) is 13.3. The second kappa shape index (κ2) is 4.33. The average Bonchev–Trinajstić information content (AvgIpc) is 2.26. The summed E-state index contributed by atoms with van der Waals surface area (Å²) in [4.78, 5) is 0.386. The van der Waals surface area contributed by atoms with Gasteiger partial charge in [0.25, 0.3) is 0 Å². The molecule has 1 heterocycles. The molecule has 0 saturated carbocycles. The lowest BCUT2D eigenvalue weighted by Crippen LogP contribution is -2.12. The summed E-state index contributed by atoms with van der Waals surface area (Å²) in [5.74, 6) is 0. The molecule has 13 heavy (non-hydrogen) atoms. The molecule has 0 amide bonds. The van der Waals surface area contributed by atoms with Crippen LogP contribution in [0.5, 0.6) is 0 Å². The van der Waals surface area contributed by atoms with E-state index in [-0.39, 0.29) is 5.41 Å². The third-order valence-electron chi connectivity index (χ3n) is 1.72. The first-order valence-electron chi connectivity index (χ1n) is 3.91. The Kier molecular flexibility index (Phi) is 4.07. The van der Waals surface area contributed by atoms with Gasteiger partial charge in [0.05, 0.1) is 7.57 Å². The first kappa shape index (κ1) is 12.2. The monoisotopic (exact) mass is 388 g/mol. The molecule has 0 aliphatic carbocycles. The minimum Gasteiger partial charge on any atom is -0.121 e. The summed E-state index contributed by atoms with van der Waals surface area (Å²) in [6, 6.07) is 2.17. The van der Waals surface area contributed by atoms with Crippen LogP contribution < -0.4 is 0 Å². The van der Waals surface area contributed by atoms with E-state index in [9.17, 15) is 0 Å². The number of halogens is 3. The van der Waals surface area contributed by atoms with Gasteiger partial charge in [-0.2, -0.15) is 0 Å². The zero-order valence-electron chi connectivity index (χ0n) is 7.70. The van der Waals surface area contributed by atoms with E-state index in [0.717, 1.165) is 0 Å². The van der Waals surface area contributed by atoms with Crippen molar-refractivity contribution in [2.45, 2.75) is 25.6 Å². The molecule has 0 aliphatic rings. The van der Waals surface area contributed by atoms with Crippen LogP contribution in [-0.2, 0) is 0 Å². The van der Waals surface area contributed by atoms with Gasteiger partial charge >= 0.3 is 0 Å². The highest BCUT2D eigenvalue weighted by Gasteiger charge is 2.26. The van der Waals surface area contributed by atoms with Gasteiger partial charge < -0.3 is 0 Å². The normalized spacial score (nSPS) is 14.6. The van der Waals surface area contributed by atoms with E-state index < -0.39 is 0 Å². The maximum absolute atomic E-state index is 3.73. The van der Waals surface area contributed by atoms with Gasteiger partial charge in [0.15, 0.2) is 0 Å². The SMILES string of the molecule is CC(C)(C)C(Br)c1cc(Br)sc1Br. The molecule has 74 valence electrons. The summed E-state index contributed by atoms with van der Waals surface area (Å²) in [5.41, 5.74) is 1.56. The Morgan fingerprint density at radius 2 is 1.85 bits per heavy atom. The van der Waals surface area contributed by atoms with Crippen LogP contribution in [0, 0.1) is 5.41 Å². The Bertz CT molecular complexity index is 298. The van der Waals surface area contributed by atoms with E-state index in [4.69, 9.17) is 0 Å². The summed E-state index contributed by atoms with van der Waals surface area (Å²) in [7, 11) is 0. The van der Waals surface area contributed by atoms with Crippen LogP contribution in [0.4, 0.5) is 0 Å². The first-order chi connectivity index (χ1) is 5.82. The van der Waals surface area contributed by atoms with Gasteiger partial charge in [-0.1, -0.05) is 36.7 Å². The van der Waals surface area contributed by atoms with Gasteiger partial charge in [-0.05, 0) is 48.9 Å². The average molecular weight is 391 g/mol. The molecule has 0 radical (unpaired) electrons. The van der Waals surface area contributed by atoms with Crippen LogP contribution in [0.3, 0.4) is 0 Å². The largest absolute Gasteiger partial charge is 0.121 e. The van der Waals surface area contributed by atoms with Crippen molar-refractivity contribution in [2.24, 2.45) is 5.41 Å². The lowest BCUT2D eigenvalue weighted by molar-refractivity contribution is 0.407. The van der Waals surface area contributed by atoms with Gasteiger partial charge in [0.2, 0.25) is 0 Å². The standard InChI is InChI=1S/C9H11Br3S/c1-9(2,3)7(11)5-4-6(10)13-8(5)12/h4,7H,1-3H3. The summed E-state index contributed by atoms with van der Waals surface area (Å²) in [6.45, 7) is 6.68. The van der Waals surface area contributed by atoms with Crippen LogP contribution in [0.15, 0.2) is 13.6 Å². The van der Waals surface area contributed by atoms with Crippen molar-refractivity contribution in [1.29, 1.82) is 0 Å². The first-order valence-corrected chi connectivity index (χ1v) is 7.23. The van der Waals surface area contributed by atoms with Crippen LogP contribution in [0.2, 0.25) is 0 Å². The zero-order chi connectivity index (χ0) is 10.2. The molecule has 1 rings (SSSR count). The van der Waals surface area contributed by atoms with Gasteiger partial charge in [-0.3, -0.25) is 0 Å². The lowest BCUT2D eigenvalue weighted by atomic mass is 9.89. The molecule has 0 aliphatic heterocycles. The highest BCUT2D eigenvalue weighted by Crippen LogP contribution is 2.46. The van der Waals surface area contributed by atoms with Crippen molar-refractivity contribution >= 4 is 59.1 Å². The molecule has 0 fully saturated rings. The van der Waals surface area contributed by atoms with Crippen molar-refractivity contribution in [3.63, 3.8) is 0 Å². The Morgan fingerprint density at radius 1 is 1.31 bits per heavy atom. The molecule has 1 unspecified atom stereocenters. The highest BCUT2D eigenvalue weighted by molar-refractivity contribution is 9.12. The summed E-state index contributed by atoms with van der Waals surface area (Å²) < 4.78 is 2.37. The molecule has 0 aromatic carbocycles. The van der Waals surface area contributed by atoms with Crippen molar-refractivity contribution in [3.05, 3.63) is 19.2 Å². The van der Waals surface area contributed by atoms with Crippen molar-refractivity contribution in [1.82, 2.24) is 0 Å². The number of hydrogen-bond acceptors (Lipinski definition) is 1. The van der Waals surface area contributed by atoms with E-state index in [1.54, 1.807) is 11.3 Å². The Balaban J connectivity index is 3.01. The molecule has 1 aromatic rings. The smallest absolute Gasteiger partial charge is 0.0754 e. The predicted molar refractivity (Wildman–Crippen MR) is 70.8 cm³/mol. The Labute approximate surface area is 108 Å². The number of hydrogen-bond donors (Lipinski definition) is 0. The van der Waals surface area contributed by atoms with Gasteiger partial charge in [0, 0.05) is 4.83 Å². The van der Waals surface area contributed by atoms with E-state index in [1.807, 2.05) is 0 Å². The summed E-state index contributed by atoms with van der Waals surface area (Å²) >= 11 is 12.5. The van der Waals surface area contributed by atoms with Gasteiger partial charge in [0.1, 0.15) is 0 Å². The predicted octanol–water partition coefficient (Wildman–Crippen LogP) is 5.76. The third kappa shape index (κ3) is 3.05. The number of thiophene rings is 1. The second-order valence-electron chi connectivity index (χ2n) is 4.01. The molecule has 4 heteroatoms. The lowest BCUT2D eigenvalue weighted by Gasteiger charge is -2.25.